The van der Waals surface area contributed by atoms with Crippen molar-refractivity contribution in [2.24, 2.45) is 0 Å². The molecule has 5 nitrogen and oxygen atoms in total. The van der Waals surface area contributed by atoms with E-state index in [0.717, 1.165) is 4.47 Å². The molecule has 0 radical (unpaired) electrons. The van der Waals surface area contributed by atoms with Crippen LogP contribution < -0.4 is 0 Å². The Morgan fingerprint density at radius 2 is 1.94 bits per heavy atom. The summed E-state index contributed by atoms with van der Waals surface area (Å²) in [5.74, 6) is -0.00841. The quantitative estimate of drug-likeness (QED) is 0.807. The van der Waals surface area contributed by atoms with Crippen LogP contribution in [0.2, 0.25) is 0 Å². The van der Waals surface area contributed by atoms with E-state index in [1.807, 2.05) is 0 Å². The van der Waals surface area contributed by atoms with Crippen molar-refractivity contribution in [1.82, 2.24) is 9.21 Å². The first-order chi connectivity index (χ1) is 8.41. The van der Waals surface area contributed by atoms with Gasteiger partial charge in [-0.05, 0) is 22.0 Å². The Morgan fingerprint density at radius 1 is 1.33 bits per heavy atom. The third-order valence-electron chi connectivity index (χ3n) is 2.82. The van der Waals surface area contributed by atoms with E-state index in [2.05, 4.69) is 15.9 Å². The fraction of sp³-hybridized carbons (Fsp3) is 0.500. The maximum absolute atomic E-state index is 12.3. The van der Waals surface area contributed by atoms with E-state index in [-0.39, 0.29) is 5.91 Å². The zero-order valence-electron chi connectivity index (χ0n) is 9.80. The topological polar surface area (TPSA) is 57.7 Å². The second kappa shape index (κ2) is 5.28. The largest absolute Gasteiger partial charge is 0.340 e. The van der Waals surface area contributed by atoms with E-state index < -0.39 is 10.0 Å². The Bertz CT molecular complexity index is 547. The predicted octanol–water partition coefficient (Wildman–Crippen LogP) is 1.36. The van der Waals surface area contributed by atoms with Crippen LogP contribution in [0.3, 0.4) is 0 Å². The summed E-state index contributed by atoms with van der Waals surface area (Å²) in [6, 6.07) is 1.61. The van der Waals surface area contributed by atoms with Crippen LogP contribution in [0.4, 0.5) is 0 Å². The Labute approximate surface area is 119 Å². The number of sulfonamides is 1. The number of nitrogens with zero attached hydrogens (tertiary/aromatic N) is 2. The minimum absolute atomic E-state index is 0.00841. The van der Waals surface area contributed by atoms with E-state index in [0.29, 0.717) is 30.4 Å². The molecule has 2 rings (SSSR count). The van der Waals surface area contributed by atoms with E-state index in [9.17, 15) is 13.2 Å². The average molecular weight is 353 g/mol. The highest BCUT2D eigenvalue weighted by Crippen LogP contribution is 2.27. The monoisotopic (exact) mass is 352 g/mol. The predicted molar refractivity (Wildman–Crippen MR) is 73.0 cm³/mol. The molecule has 1 fully saturated rings. The molecule has 1 aliphatic heterocycles. The Morgan fingerprint density at radius 3 is 2.39 bits per heavy atom. The molecule has 1 aromatic heterocycles. The first kappa shape index (κ1) is 14.0. The molecule has 0 spiro atoms. The van der Waals surface area contributed by atoms with Gasteiger partial charge in [-0.2, -0.15) is 4.31 Å². The van der Waals surface area contributed by atoms with Crippen LogP contribution in [0.15, 0.2) is 20.1 Å². The van der Waals surface area contributed by atoms with Gasteiger partial charge in [-0.3, -0.25) is 4.79 Å². The van der Waals surface area contributed by atoms with E-state index in [4.69, 9.17) is 0 Å². The van der Waals surface area contributed by atoms with Gasteiger partial charge >= 0.3 is 0 Å². The first-order valence-electron chi connectivity index (χ1n) is 5.41. The molecule has 1 saturated heterocycles. The summed E-state index contributed by atoms with van der Waals surface area (Å²) >= 11 is 4.45. The Kier molecular flexibility index (Phi) is 4.10. The second-order valence-corrected chi connectivity index (χ2v) is 7.99. The fourth-order valence-electron chi connectivity index (χ4n) is 1.80. The van der Waals surface area contributed by atoms with Gasteiger partial charge in [0.05, 0.1) is 0 Å². The molecule has 18 heavy (non-hydrogen) atoms. The number of halogens is 1. The normalized spacial score (nSPS) is 18.0. The van der Waals surface area contributed by atoms with Gasteiger partial charge in [-0.15, -0.1) is 11.3 Å². The molecule has 0 N–H and O–H groups in total. The highest BCUT2D eigenvalue weighted by atomic mass is 79.9. The third kappa shape index (κ3) is 2.76. The van der Waals surface area contributed by atoms with Gasteiger partial charge in [0.2, 0.25) is 5.91 Å². The SMILES string of the molecule is CC(=O)N1CCN(S(=O)(=O)c2cc(Br)cs2)CC1. The lowest BCUT2D eigenvalue weighted by molar-refractivity contribution is -0.129. The molecule has 1 amide bonds. The van der Waals surface area contributed by atoms with Crippen LogP contribution >= 0.6 is 27.3 Å². The average Bonchev–Trinajstić information content (AvgIpc) is 2.76. The van der Waals surface area contributed by atoms with E-state index in [1.54, 1.807) is 16.3 Å². The minimum atomic E-state index is -3.41. The van der Waals surface area contributed by atoms with Crippen molar-refractivity contribution < 1.29 is 13.2 Å². The summed E-state index contributed by atoms with van der Waals surface area (Å²) in [4.78, 5) is 12.8. The lowest BCUT2D eigenvalue weighted by Gasteiger charge is -2.33. The zero-order chi connectivity index (χ0) is 13.3. The second-order valence-electron chi connectivity index (χ2n) is 3.99. The molecular weight excluding hydrogens is 340 g/mol. The van der Waals surface area contributed by atoms with Crippen molar-refractivity contribution in [3.63, 3.8) is 0 Å². The molecule has 0 bridgehead atoms. The summed E-state index contributed by atoms with van der Waals surface area (Å²) < 4.78 is 27.1. The van der Waals surface area contributed by atoms with Crippen molar-refractivity contribution in [2.75, 3.05) is 26.2 Å². The molecule has 0 aliphatic carbocycles. The maximum Gasteiger partial charge on any atom is 0.252 e. The number of thiophene rings is 1. The molecule has 100 valence electrons. The van der Waals surface area contributed by atoms with E-state index in [1.165, 1.54) is 22.6 Å². The molecule has 8 heteroatoms. The van der Waals surface area contributed by atoms with Gasteiger partial charge in [0.15, 0.2) is 0 Å². The lowest BCUT2D eigenvalue weighted by Crippen LogP contribution is -2.49. The van der Waals surface area contributed by atoms with Gasteiger partial charge < -0.3 is 4.90 Å². The minimum Gasteiger partial charge on any atom is -0.340 e. The van der Waals surface area contributed by atoms with Gasteiger partial charge in [0, 0.05) is 43.0 Å². The lowest BCUT2D eigenvalue weighted by atomic mass is 10.3. The number of hydrogen-bond donors (Lipinski definition) is 0. The van der Waals surface area contributed by atoms with Crippen molar-refractivity contribution >= 4 is 43.2 Å². The van der Waals surface area contributed by atoms with Crippen LogP contribution in [-0.2, 0) is 14.8 Å². The van der Waals surface area contributed by atoms with Crippen LogP contribution in [0, 0.1) is 0 Å². The molecule has 0 aromatic carbocycles. The van der Waals surface area contributed by atoms with Crippen molar-refractivity contribution in [2.45, 2.75) is 11.1 Å². The van der Waals surface area contributed by atoms with Crippen LogP contribution in [-0.4, -0.2) is 49.7 Å². The standard InChI is InChI=1S/C10H13BrN2O3S2/c1-8(14)12-2-4-13(5-3-12)18(15,16)10-6-9(11)7-17-10/h6-7H,2-5H2,1H3. The third-order valence-corrected chi connectivity index (χ3v) is 6.90. The highest BCUT2D eigenvalue weighted by Gasteiger charge is 2.30. The summed E-state index contributed by atoms with van der Waals surface area (Å²) in [5, 5.41) is 1.75. The highest BCUT2D eigenvalue weighted by molar-refractivity contribution is 9.10. The number of carbonyl (C=O) groups is 1. The van der Waals surface area contributed by atoms with Crippen LogP contribution in [0.25, 0.3) is 0 Å². The van der Waals surface area contributed by atoms with Gasteiger partial charge in [0.25, 0.3) is 10.0 Å². The van der Waals surface area contributed by atoms with Crippen LogP contribution in [0.5, 0.6) is 0 Å². The zero-order valence-corrected chi connectivity index (χ0v) is 13.0. The molecule has 0 saturated carbocycles. The summed E-state index contributed by atoms with van der Waals surface area (Å²) in [6.07, 6.45) is 0. The van der Waals surface area contributed by atoms with Crippen LogP contribution in [0.1, 0.15) is 6.92 Å². The molecule has 0 atom stereocenters. The summed E-state index contributed by atoms with van der Waals surface area (Å²) in [7, 11) is -3.41. The first-order valence-corrected chi connectivity index (χ1v) is 8.52. The Balaban J connectivity index is 2.12. The number of rotatable bonds is 2. The fourth-order valence-corrected chi connectivity index (χ4v) is 5.23. The maximum atomic E-state index is 12.3. The summed E-state index contributed by atoms with van der Waals surface area (Å²) in [5.41, 5.74) is 0. The molecule has 2 heterocycles. The van der Waals surface area contributed by atoms with E-state index >= 15 is 0 Å². The van der Waals surface area contributed by atoms with Crippen molar-refractivity contribution in [3.05, 3.63) is 15.9 Å². The van der Waals surface area contributed by atoms with Gasteiger partial charge in [-0.1, -0.05) is 0 Å². The number of piperazine rings is 1. The number of hydrogen-bond acceptors (Lipinski definition) is 4. The molecule has 1 aliphatic rings. The summed E-state index contributed by atoms with van der Waals surface area (Å²) in [6.45, 7) is 3.14. The molecule has 1 aromatic rings. The van der Waals surface area contributed by atoms with Gasteiger partial charge in [0.1, 0.15) is 4.21 Å². The number of carbonyl (C=O) groups excluding carboxylic acids is 1. The van der Waals surface area contributed by atoms with Gasteiger partial charge in [-0.25, -0.2) is 8.42 Å². The molecular formula is C10H13BrN2O3S2. The number of amides is 1. The Hall–Kier alpha value is -0.440. The van der Waals surface area contributed by atoms with Crippen molar-refractivity contribution in [1.29, 1.82) is 0 Å². The molecule has 0 unspecified atom stereocenters. The van der Waals surface area contributed by atoms with Crippen molar-refractivity contribution in [3.8, 4) is 0 Å². The smallest absolute Gasteiger partial charge is 0.252 e.